The first kappa shape index (κ1) is 15.0. The molecule has 0 atom stereocenters. The van der Waals surface area contributed by atoms with E-state index in [4.69, 9.17) is 4.74 Å². The summed E-state index contributed by atoms with van der Waals surface area (Å²) in [5.41, 5.74) is 1.82. The van der Waals surface area contributed by atoms with Crippen LogP contribution in [0.4, 0.5) is 0 Å². The molecule has 0 unspecified atom stereocenters. The molecular formula is C14H17NO3S2. The maximum Gasteiger partial charge on any atom is 0.240 e. The summed E-state index contributed by atoms with van der Waals surface area (Å²) in [6.45, 7) is 2.15. The van der Waals surface area contributed by atoms with Crippen molar-refractivity contribution in [3.63, 3.8) is 0 Å². The molecule has 0 aliphatic rings. The van der Waals surface area contributed by atoms with E-state index in [1.807, 2.05) is 16.8 Å². The third-order valence-corrected chi connectivity index (χ3v) is 5.31. The van der Waals surface area contributed by atoms with Gasteiger partial charge in [0.05, 0.1) is 12.0 Å². The molecule has 0 bridgehead atoms. The maximum atomic E-state index is 12.2. The van der Waals surface area contributed by atoms with Crippen LogP contribution in [0, 0.1) is 6.92 Å². The van der Waals surface area contributed by atoms with Crippen molar-refractivity contribution < 1.29 is 13.2 Å². The van der Waals surface area contributed by atoms with Crippen molar-refractivity contribution >= 4 is 21.4 Å². The molecule has 0 radical (unpaired) electrons. The van der Waals surface area contributed by atoms with Crippen LogP contribution in [0.1, 0.15) is 11.1 Å². The normalized spacial score (nSPS) is 11.5. The Bertz CT molecular complexity index is 664. The zero-order valence-corrected chi connectivity index (χ0v) is 13.1. The lowest BCUT2D eigenvalue weighted by Gasteiger charge is -2.10. The van der Waals surface area contributed by atoms with Gasteiger partial charge in [0.15, 0.2) is 0 Å². The summed E-state index contributed by atoms with van der Waals surface area (Å²) in [6, 6.07) is 6.94. The van der Waals surface area contributed by atoms with Gasteiger partial charge in [0, 0.05) is 6.54 Å². The maximum absolute atomic E-state index is 12.2. The highest BCUT2D eigenvalue weighted by molar-refractivity contribution is 7.89. The number of methoxy groups -OCH3 is 1. The highest BCUT2D eigenvalue weighted by Gasteiger charge is 2.16. The van der Waals surface area contributed by atoms with Crippen LogP contribution in [-0.4, -0.2) is 22.1 Å². The van der Waals surface area contributed by atoms with E-state index in [2.05, 4.69) is 4.72 Å². The van der Waals surface area contributed by atoms with Gasteiger partial charge in [-0.3, -0.25) is 0 Å². The summed E-state index contributed by atoms with van der Waals surface area (Å²) >= 11 is 1.61. The van der Waals surface area contributed by atoms with Crippen LogP contribution in [0.3, 0.4) is 0 Å². The highest BCUT2D eigenvalue weighted by atomic mass is 32.2. The number of ether oxygens (including phenoxy) is 1. The molecule has 0 saturated carbocycles. The lowest BCUT2D eigenvalue weighted by molar-refractivity contribution is 0.414. The molecule has 6 heteroatoms. The monoisotopic (exact) mass is 311 g/mol. The molecule has 2 rings (SSSR count). The Kier molecular flexibility index (Phi) is 4.80. The molecule has 20 heavy (non-hydrogen) atoms. The van der Waals surface area contributed by atoms with Gasteiger partial charge in [0.1, 0.15) is 5.75 Å². The van der Waals surface area contributed by atoms with Gasteiger partial charge in [-0.05, 0) is 59.5 Å². The van der Waals surface area contributed by atoms with Crippen LogP contribution in [-0.2, 0) is 16.4 Å². The minimum absolute atomic E-state index is 0.295. The van der Waals surface area contributed by atoms with Gasteiger partial charge < -0.3 is 4.74 Å². The molecule has 1 N–H and O–H groups in total. The van der Waals surface area contributed by atoms with Crippen molar-refractivity contribution in [1.29, 1.82) is 0 Å². The van der Waals surface area contributed by atoms with Crippen LogP contribution >= 0.6 is 11.3 Å². The number of thiophene rings is 1. The van der Waals surface area contributed by atoms with E-state index in [9.17, 15) is 8.42 Å². The third-order valence-electron chi connectivity index (χ3n) is 2.96. The summed E-state index contributed by atoms with van der Waals surface area (Å²) in [7, 11) is -1.91. The average Bonchev–Trinajstić information content (AvgIpc) is 2.91. The van der Waals surface area contributed by atoms with Crippen molar-refractivity contribution in [1.82, 2.24) is 4.72 Å². The fraction of sp³-hybridized carbons (Fsp3) is 0.286. The van der Waals surface area contributed by atoms with E-state index in [0.29, 0.717) is 29.2 Å². The number of sulfonamides is 1. The molecule has 1 aromatic carbocycles. The predicted molar refractivity (Wildman–Crippen MR) is 80.9 cm³/mol. The quantitative estimate of drug-likeness (QED) is 0.892. The van der Waals surface area contributed by atoms with Gasteiger partial charge in [0.25, 0.3) is 0 Å². The second-order valence-electron chi connectivity index (χ2n) is 4.41. The Labute approximate surface area is 123 Å². The number of benzene rings is 1. The first-order chi connectivity index (χ1) is 9.53. The molecule has 0 fully saturated rings. The second kappa shape index (κ2) is 6.39. The molecule has 4 nitrogen and oxygen atoms in total. The lowest BCUT2D eigenvalue weighted by Crippen LogP contribution is -2.26. The van der Waals surface area contributed by atoms with Gasteiger partial charge in [0.2, 0.25) is 10.0 Å². The van der Waals surface area contributed by atoms with Crippen molar-refractivity contribution in [2.24, 2.45) is 0 Å². The molecule has 1 aromatic heterocycles. The fourth-order valence-electron chi connectivity index (χ4n) is 1.89. The third kappa shape index (κ3) is 3.59. The molecule has 2 aromatic rings. The van der Waals surface area contributed by atoms with Crippen LogP contribution in [0.2, 0.25) is 0 Å². The minimum Gasteiger partial charge on any atom is -0.497 e. The van der Waals surface area contributed by atoms with E-state index < -0.39 is 10.0 Å². The average molecular weight is 311 g/mol. The standard InChI is InChI=1S/C14H17NO3S2/c1-11-9-13(18-2)3-4-14(11)20(16,17)15-7-5-12-6-8-19-10-12/h3-4,6,8-10,15H,5,7H2,1-2H3. The molecular weight excluding hydrogens is 294 g/mol. The SMILES string of the molecule is COc1ccc(S(=O)(=O)NCCc2ccsc2)c(C)c1. The van der Waals surface area contributed by atoms with E-state index in [0.717, 1.165) is 5.56 Å². The second-order valence-corrected chi connectivity index (χ2v) is 6.93. The predicted octanol–water partition coefficient (Wildman–Crippen LogP) is 2.59. The Morgan fingerprint density at radius 2 is 2.10 bits per heavy atom. The minimum atomic E-state index is -3.47. The zero-order valence-electron chi connectivity index (χ0n) is 11.4. The number of hydrogen-bond donors (Lipinski definition) is 1. The summed E-state index contributed by atoms with van der Waals surface area (Å²) in [4.78, 5) is 0.295. The smallest absolute Gasteiger partial charge is 0.240 e. The topological polar surface area (TPSA) is 55.4 Å². The Hall–Kier alpha value is -1.37. The van der Waals surface area contributed by atoms with Crippen LogP contribution < -0.4 is 9.46 Å². The number of hydrogen-bond acceptors (Lipinski definition) is 4. The van der Waals surface area contributed by atoms with E-state index in [-0.39, 0.29) is 0 Å². The Balaban J connectivity index is 2.06. The van der Waals surface area contributed by atoms with Crippen LogP contribution in [0.15, 0.2) is 39.9 Å². The van der Waals surface area contributed by atoms with Gasteiger partial charge in [-0.25, -0.2) is 13.1 Å². The molecule has 0 aliphatic heterocycles. The van der Waals surface area contributed by atoms with Crippen molar-refractivity contribution in [3.05, 3.63) is 46.2 Å². The number of nitrogens with one attached hydrogen (secondary N) is 1. The highest BCUT2D eigenvalue weighted by Crippen LogP contribution is 2.20. The van der Waals surface area contributed by atoms with Gasteiger partial charge in [-0.2, -0.15) is 11.3 Å². The van der Waals surface area contributed by atoms with E-state index in [1.54, 1.807) is 43.6 Å². The first-order valence-corrected chi connectivity index (χ1v) is 8.61. The van der Waals surface area contributed by atoms with Crippen molar-refractivity contribution in [3.8, 4) is 5.75 Å². The largest absolute Gasteiger partial charge is 0.497 e. The molecule has 0 amide bonds. The van der Waals surface area contributed by atoms with Crippen LogP contribution in [0.25, 0.3) is 0 Å². The van der Waals surface area contributed by atoms with Crippen molar-refractivity contribution in [2.45, 2.75) is 18.2 Å². The van der Waals surface area contributed by atoms with Gasteiger partial charge in [-0.15, -0.1) is 0 Å². The molecule has 0 saturated heterocycles. The lowest BCUT2D eigenvalue weighted by atomic mass is 10.2. The summed E-state index contributed by atoms with van der Waals surface area (Å²) in [5, 5.41) is 4.00. The Morgan fingerprint density at radius 1 is 1.30 bits per heavy atom. The Morgan fingerprint density at radius 3 is 2.70 bits per heavy atom. The van der Waals surface area contributed by atoms with Gasteiger partial charge >= 0.3 is 0 Å². The number of aryl methyl sites for hydroxylation is 1. The van der Waals surface area contributed by atoms with Crippen molar-refractivity contribution in [2.75, 3.05) is 13.7 Å². The summed E-state index contributed by atoms with van der Waals surface area (Å²) < 4.78 is 32.2. The van der Waals surface area contributed by atoms with Crippen LogP contribution in [0.5, 0.6) is 5.75 Å². The summed E-state index contributed by atoms with van der Waals surface area (Å²) in [5.74, 6) is 0.653. The summed E-state index contributed by atoms with van der Waals surface area (Å²) in [6.07, 6.45) is 0.692. The van der Waals surface area contributed by atoms with Gasteiger partial charge in [-0.1, -0.05) is 0 Å². The fourth-order valence-corrected chi connectivity index (χ4v) is 3.85. The molecule has 0 aliphatic carbocycles. The van der Waals surface area contributed by atoms with E-state index >= 15 is 0 Å². The molecule has 108 valence electrons. The zero-order chi connectivity index (χ0) is 14.6. The number of rotatable bonds is 6. The molecule has 1 heterocycles. The van der Waals surface area contributed by atoms with E-state index in [1.165, 1.54) is 0 Å². The molecule has 0 spiro atoms. The first-order valence-electron chi connectivity index (χ1n) is 6.18.